The van der Waals surface area contributed by atoms with Crippen LogP contribution in [-0.2, 0) is 9.59 Å². The van der Waals surface area contributed by atoms with Crippen molar-refractivity contribution in [1.29, 1.82) is 5.41 Å². The van der Waals surface area contributed by atoms with Crippen LogP contribution < -0.4 is 11.5 Å². The van der Waals surface area contributed by atoms with Gasteiger partial charge in [-0.15, -0.1) is 0 Å². The van der Waals surface area contributed by atoms with Crippen LogP contribution in [0.25, 0.3) is 0 Å². The van der Waals surface area contributed by atoms with Gasteiger partial charge in [0.1, 0.15) is 5.84 Å². The number of hydrogen-bond acceptors (Lipinski definition) is 7. The summed E-state index contributed by atoms with van der Waals surface area (Å²) in [5, 5.41) is 17.4. The summed E-state index contributed by atoms with van der Waals surface area (Å²) in [6, 6.07) is 7.78. The van der Waals surface area contributed by atoms with Gasteiger partial charge in [0, 0.05) is 43.4 Å². The maximum atomic E-state index is 11.4. The van der Waals surface area contributed by atoms with E-state index in [1.54, 1.807) is 11.8 Å². The fourth-order valence-electron chi connectivity index (χ4n) is 3.82. The molecule has 2 aliphatic rings. The first-order valence-corrected chi connectivity index (χ1v) is 11.0. The Morgan fingerprint density at radius 2 is 1.90 bits per heavy atom. The van der Waals surface area contributed by atoms with Crippen LogP contribution in [0.4, 0.5) is 0 Å². The highest BCUT2D eigenvalue weighted by Crippen LogP contribution is 2.34. The number of nitrogens with two attached hydrogens (primary N) is 2. The van der Waals surface area contributed by atoms with E-state index in [9.17, 15) is 9.59 Å². The van der Waals surface area contributed by atoms with Crippen LogP contribution >= 0.6 is 11.8 Å². The summed E-state index contributed by atoms with van der Waals surface area (Å²) in [4.78, 5) is 31.4. The maximum Gasteiger partial charge on any atom is 0.317 e. The molecule has 0 aliphatic carbocycles. The minimum Gasteiger partial charge on any atom is -0.480 e. The van der Waals surface area contributed by atoms with E-state index in [4.69, 9.17) is 27.0 Å². The molecule has 9 nitrogen and oxygen atoms in total. The Kier molecular flexibility index (Phi) is 7.33. The Bertz CT molecular complexity index is 820. The van der Waals surface area contributed by atoms with Crippen LogP contribution in [0.15, 0.2) is 29.3 Å². The summed E-state index contributed by atoms with van der Waals surface area (Å²) in [5.41, 5.74) is 12.7. The van der Waals surface area contributed by atoms with Gasteiger partial charge in [-0.05, 0) is 18.4 Å². The number of nitrogens with zero attached hydrogens (tertiary/aromatic N) is 3. The van der Waals surface area contributed by atoms with Gasteiger partial charge < -0.3 is 21.5 Å². The Labute approximate surface area is 180 Å². The molecule has 2 aliphatic heterocycles. The standard InChI is InChI=1S/C20H28N6O3S/c21-17(27)7-10-26(15-5-8-25(9-6-15)11-18(28)29)20-24-16(12-30-20)13-1-3-14(4-2-13)19(22)23/h1-4,15-16H,5-12H2,(H2,21,27)(H3,22,23)(H,28,29). The third kappa shape index (κ3) is 5.73. The number of hydrogen-bond donors (Lipinski definition) is 4. The maximum absolute atomic E-state index is 11.4. The molecule has 1 fully saturated rings. The predicted octanol–water partition coefficient (Wildman–Crippen LogP) is 0.841. The molecule has 1 aromatic carbocycles. The molecule has 0 bridgehead atoms. The first kappa shape index (κ1) is 22.1. The van der Waals surface area contributed by atoms with E-state index in [1.807, 2.05) is 29.2 Å². The van der Waals surface area contributed by atoms with Crippen LogP contribution in [0.3, 0.4) is 0 Å². The average molecular weight is 433 g/mol. The number of carboxylic acids is 1. The fraction of sp³-hybridized carbons (Fsp3) is 0.500. The number of piperidine rings is 1. The average Bonchev–Trinajstić information content (AvgIpc) is 3.18. The van der Waals surface area contributed by atoms with Gasteiger partial charge in [-0.1, -0.05) is 36.0 Å². The number of aliphatic carboxylic acids is 1. The Morgan fingerprint density at radius 3 is 2.47 bits per heavy atom. The number of rotatable bonds is 8. The van der Waals surface area contributed by atoms with Crippen LogP contribution in [0.5, 0.6) is 0 Å². The zero-order valence-corrected chi connectivity index (χ0v) is 17.6. The highest BCUT2D eigenvalue weighted by Gasteiger charge is 2.31. The largest absolute Gasteiger partial charge is 0.480 e. The molecule has 0 saturated carbocycles. The van der Waals surface area contributed by atoms with Gasteiger partial charge in [0.25, 0.3) is 0 Å². The monoisotopic (exact) mass is 432 g/mol. The molecule has 30 heavy (non-hydrogen) atoms. The fourth-order valence-corrected chi connectivity index (χ4v) is 5.00. The topological polar surface area (TPSA) is 149 Å². The van der Waals surface area contributed by atoms with E-state index in [0.717, 1.165) is 29.3 Å². The molecule has 1 atom stereocenters. The summed E-state index contributed by atoms with van der Waals surface area (Å²) in [6.07, 6.45) is 1.90. The highest BCUT2D eigenvalue weighted by atomic mass is 32.2. The van der Waals surface area contributed by atoms with Gasteiger partial charge in [-0.2, -0.15) is 0 Å². The van der Waals surface area contributed by atoms with Gasteiger partial charge in [0.05, 0.1) is 12.6 Å². The lowest BCUT2D eigenvalue weighted by Gasteiger charge is -2.38. The van der Waals surface area contributed by atoms with E-state index < -0.39 is 5.97 Å². The number of nitrogens with one attached hydrogen (secondary N) is 1. The number of primary amides is 1. The van der Waals surface area contributed by atoms with Crippen LogP contribution in [0, 0.1) is 5.41 Å². The third-order valence-corrected chi connectivity index (χ3v) is 6.53. The van der Waals surface area contributed by atoms with Gasteiger partial charge in [-0.3, -0.25) is 24.9 Å². The number of carbonyl (C=O) groups excluding carboxylic acids is 1. The molecule has 6 N–H and O–H groups in total. The molecular formula is C20H28N6O3S. The summed E-state index contributed by atoms with van der Waals surface area (Å²) < 4.78 is 0. The van der Waals surface area contributed by atoms with Gasteiger partial charge in [0.15, 0.2) is 5.17 Å². The summed E-state index contributed by atoms with van der Waals surface area (Å²) in [5.74, 6) is -0.310. The number of nitrogen functional groups attached to an aromatic ring is 1. The van der Waals surface area contributed by atoms with Crippen LogP contribution in [-0.4, -0.2) is 75.8 Å². The van der Waals surface area contributed by atoms with Crippen molar-refractivity contribution in [3.63, 3.8) is 0 Å². The van der Waals surface area contributed by atoms with Crippen molar-refractivity contribution < 1.29 is 14.7 Å². The Balaban J connectivity index is 1.70. The summed E-state index contributed by atoms with van der Waals surface area (Å²) in [6.45, 7) is 1.98. The second-order valence-corrected chi connectivity index (χ2v) is 8.57. The highest BCUT2D eigenvalue weighted by molar-refractivity contribution is 8.14. The molecule has 3 rings (SSSR count). The predicted molar refractivity (Wildman–Crippen MR) is 118 cm³/mol. The van der Waals surface area contributed by atoms with Crippen molar-refractivity contribution in [2.75, 3.05) is 31.9 Å². The minimum absolute atomic E-state index is 0.00851. The molecule has 0 spiro atoms. The molecule has 162 valence electrons. The first-order valence-electron chi connectivity index (χ1n) is 9.97. The normalized spacial score (nSPS) is 20.0. The van der Waals surface area contributed by atoms with E-state index in [-0.39, 0.29) is 36.8 Å². The molecular weight excluding hydrogens is 404 g/mol. The number of thioether (sulfide) groups is 1. The quantitative estimate of drug-likeness (QED) is 0.351. The molecule has 1 amide bonds. The number of benzene rings is 1. The van der Waals surface area contributed by atoms with E-state index in [0.29, 0.717) is 25.2 Å². The van der Waals surface area contributed by atoms with Crippen molar-refractivity contribution in [3.05, 3.63) is 35.4 Å². The van der Waals surface area contributed by atoms with Gasteiger partial charge >= 0.3 is 5.97 Å². The lowest BCUT2D eigenvalue weighted by Crippen LogP contribution is -2.48. The van der Waals surface area contributed by atoms with Gasteiger partial charge in [0.2, 0.25) is 5.91 Å². The summed E-state index contributed by atoms with van der Waals surface area (Å²) in [7, 11) is 0. The second-order valence-electron chi connectivity index (χ2n) is 7.58. The molecule has 1 saturated heterocycles. The number of carboxylic acid groups (broad SMARTS) is 1. The third-order valence-electron chi connectivity index (χ3n) is 5.44. The van der Waals surface area contributed by atoms with Crippen molar-refractivity contribution >= 4 is 34.6 Å². The molecule has 10 heteroatoms. The molecule has 1 aromatic rings. The van der Waals surface area contributed by atoms with Crippen LogP contribution in [0.1, 0.15) is 36.4 Å². The van der Waals surface area contributed by atoms with Crippen LogP contribution in [0.2, 0.25) is 0 Å². The van der Waals surface area contributed by atoms with Gasteiger partial charge in [-0.25, -0.2) is 0 Å². The van der Waals surface area contributed by atoms with Crippen molar-refractivity contribution in [2.24, 2.45) is 16.5 Å². The Hall–Kier alpha value is -2.59. The van der Waals surface area contributed by atoms with E-state index >= 15 is 0 Å². The van der Waals surface area contributed by atoms with Crippen molar-refractivity contribution in [3.8, 4) is 0 Å². The lowest BCUT2D eigenvalue weighted by molar-refractivity contribution is -0.138. The lowest BCUT2D eigenvalue weighted by atomic mass is 10.0. The smallest absolute Gasteiger partial charge is 0.317 e. The van der Waals surface area contributed by atoms with E-state index in [2.05, 4.69) is 4.90 Å². The molecule has 0 aromatic heterocycles. The first-order chi connectivity index (χ1) is 14.3. The zero-order valence-electron chi connectivity index (χ0n) is 16.8. The molecule has 1 unspecified atom stereocenters. The summed E-state index contributed by atoms with van der Waals surface area (Å²) >= 11 is 1.67. The van der Waals surface area contributed by atoms with Crippen molar-refractivity contribution in [1.82, 2.24) is 9.80 Å². The number of amides is 1. The Morgan fingerprint density at radius 1 is 1.23 bits per heavy atom. The number of aliphatic imine (C=N–C) groups is 1. The number of carbonyl (C=O) groups is 2. The SMILES string of the molecule is N=C(N)c1ccc(C2CSC(N(CCC(N)=O)C3CCN(CC(=O)O)CC3)=N2)cc1. The second kappa shape index (κ2) is 9.94. The van der Waals surface area contributed by atoms with E-state index in [1.165, 1.54) is 0 Å². The molecule has 0 radical (unpaired) electrons. The molecule has 2 heterocycles. The minimum atomic E-state index is -0.812. The van der Waals surface area contributed by atoms with Crippen molar-refractivity contribution in [2.45, 2.75) is 31.3 Å². The zero-order chi connectivity index (χ0) is 21.7. The number of likely N-dealkylation sites (tertiary alicyclic amines) is 1. The number of amidine groups is 2.